The van der Waals surface area contributed by atoms with Gasteiger partial charge in [-0.2, -0.15) is 0 Å². The van der Waals surface area contributed by atoms with Gasteiger partial charge < -0.3 is 18.1 Å². The van der Waals surface area contributed by atoms with Crippen molar-refractivity contribution in [3.05, 3.63) is 35.4 Å². The Kier molecular flexibility index (Phi) is 9.92. The summed E-state index contributed by atoms with van der Waals surface area (Å²) in [7, 11) is -3.16. The Balaban J connectivity index is 2.41. The number of benzene rings is 1. The smallest absolute Gasteiger partial charge is 0.312 e. The Bertz CT molecular complexity index is 713. The van der Waals surface area contributed by atoms with Crippen molar-refractivity contribution < 1.29 is 27.2 Å². The van der Waals surface area contributed by atoms with Crippen LogP contribution < -0.4 is 0 Å². The SMILES string of the molecule is COP(C)(=O)OCCC#Cc1ccc(C#CCCOP(C)(=O)OC)cc1. The van der Waals surface area contributed by atoms with Crippen LogP contribution in [0.2, 0.25) is 0 Å². The molecule has 0 amide bonds. The van der Waals surface area contributed by atoms with Gasteiger partial charge in [0.25, 0.3) is 0 Å². The lowest BCUT2D eigenvalue weighted by molar-refractivity contribution is 0.243. The fourth-order valence-electron chi connectivity index (χ4n) is 1.60. The Hall–Kier alpha value is -1.36. The van der Waals surface area contributed by atoms with Crippen LogP contribution in [-0.4, -0.2) is 40.8 Å². The van der Waals surface area contributed by atoms with Crippen LogP contribution in [0.3, 0.4) is 0 Å². The Morgan fingerprint density at radius 1 is 0.769 bits per heavy atom. The quantitative estimate of drug-likeness (QED) is 0.372. The predicted octanol–water partition coefficient (Wildman–Crippen LogP) is 4.14. The van der Waals surface area contributed by atoms with E-state index in [1.165, 1.54) is 27.5 Å². The lowest BCUT2D eigenvalue weighted by Crippen LogP contribution is -1.92. The van der Waals surface area contributed by atoms with Crippen LogP contribution in [-0.2, 0) is 27.2 Å². The summed E-state index contributed by atoms with van der Waals surface area (Å²) in [5.74, 6) is 11.9. The first-order chi connectivity index (χ1) is 12.3. The van der Waals surface area contributed by atoms with Crippen molar-refractivity contribution in [2.24, 2.45) is 0 Å². The van der Waals surface area contributed by atoms with E-state index in [0.717, 1.165) is 11.1 Å². The summed E-state index contributed by atoms with van der Waals surface area (Å²) >= 11 is 0. The van der Waals surface area contributed by atoms with Crippen molar-refractivity contribution in [3.8, 4) is 23.7 Å². The molecule has 8 heteroatoms. The van der Waals surface area contributed by atoms with E-state index in [1.54, 1.807) is 0 Å². The standard InChI is InChI=1S/C18H24O6P2/c1-21-25(3,19)23-15-7-5-9-17-11-13-18(14-12-17)10-6-8-16-24-26(4,20)22-2/h11-14H,7-8,15-16H2,1-4H3. The van der Waals surface area contributed by atoms with E-state index in [1.807, 2.05) is 24.3 Å². The molecule has 0 aliphatic heterocycles. The van der Waals surface area contributed by atoms with Crippen LogP contribution in [0, 0.1) is 23.7 Å². The molecule has 0 bridgehead atoms. The zero-order valence-corrected chi connectivity index (χ0v) is 17.3. The zero-order valence-electron chi connectivity index (χ0n) is 15.5. The van der Waals surface area contributed by atoms with Crippen molar-refractivity contribution in [1.82, 2.24) is 0 Å². The van der Waals surface area contributed by atoms with Crippen LogP contribution >= 0.6 is 15.2 Å². The fourth-order valence-corrected chi connectivity index (χ4v) is 2.65. The molecule has 6 nitrogen and oxygen atoms in total. The highest BCUT2D eigenvalue weighted by molar-refractivity contribution is 7.53. The van der Waals surface area contributed by atoms with E-state index in [-0.39, 0.29) is 13.2 Å². The van der Waals surface area contributed by atoms with E-state index in [9.17, 15) is 9.13 Å². The maximum absolute atomic E-state index is 11.5. The second kappa shape index (κ2) is 11.4. The average Bonchev–Trinajstić information content (AvgIpc) is 2.62. The first-order valence-corrected chi connectivity index (χ1v) is 11.9. The molecule has 26 heavy (non-hydrogen) atoms. The molecule has 0 spiro atoms. The van der Waals surface area contributed by atoms with E-state index >= 15 is 0 Å². The van der Waals surface area contributed by atoms with E-state index in [2.05, 4.69) is 23.7 Å². The third-order valence-electron chi connectivity index (χ3n) is 3.12. The van der Waals surface area contributed by atoms with Gasteiger partial charge in [-0.1, -0.05) is 23.7 Å². The topological polar surface area (TPSA) is 71.1 Å². The fraction of sp³-hybridized carbons (Fsp3) is 0.444. The number of rotatable bonds is 8. The second-order valence-electron chi connectivity index (χ2n) is 5.26. The van der Waals surface area contributed by atoms with Crippen molar-refractivity contribution >= 4 is 15.2 Å². The van der Waals surface area contributed by atoms with E-state index in [4.69, 9.17) is 18.1 Å². The zero-order chi connectivity index (χ0) is 19.5. The van der Waals surface area contributed by atoms with E-state index in [0.29, 0.717) is 12.8 Å². The van der Waals surface area contributed by atoms with Gasteiger partial charge in [0.15, 0.2) is 0 Å². The van der Waals surface area contributed by atoms with Crippen molar-refractivity contribution in [2.75, 3.05) is 40.8 Å². The molecule has 0 aromatic heterocycles. The minimum Gasteiger partial charge on any atom is -0.312 e. The van der Waals surface area contributed by atoms with Gasteiger partial charge in [0.2, 0.25) is 0 Å². The third kappa shape index (κ3) is 9.95. The Morgan fingerprint density at radius 3 is 1.42 bits per heavy atom. The van der Waals surface area contributed by atoms with E-state index < -0.39 is 15.2 Å². The molecular weight excluding hydrogens is 374 g/mol. The first-order valence-electron chi connectivity index (χ1n) is 7.91. The van der Waals surface area contributed by atoms with Gasteiger partial charge in [0.1, 0.15) is 0 Å². The van der Waals surface area contributed by atoms with Gasteiger partial charge in [-0.3, -0.25) is 9.13 Å². The molecule has 0 aliphatic carbocycles. The molecule has 0 aliphatic rings. The molecule has 0 fully saturated rings. The molecule has 0 heterocycles. The second-order valence-corrected chi connectivity index (χ2v) is 9.59. The molecule has 0 saturated carbocycles. The van der Waals surface area contributed by atoms with Crippen LogP contribution in [0.25, 0.3) is 0 Å². The van der Waals surface area contributed by atoms with Crippen LogP contribution in [0.15, 0.2) is 24.3 Å². The lowest BCUT2D eigenvalue weighted by atomic mass is 10.1. The summed E-state index contributed by atoms with van der Waals surface area (Å²) in [4.78, 5) is 0. The van der Waals surface area contributed by atoms with Gasteiger partial charge >= 0.3 is 15.2 Å². The highest BCUT2D eigenvalue weighted by Crippen LogP contribution is 2.42. The maximum Gasteiger partial charge on any atom is 0.327 e. The highest BCUT2D eigenvalue weighted by Gasteiger charge is 2.13. The number of hydrogen-bond acceptors (Lipinski definition) is 6. The minimum absolute atomic E-state index is 0.258. The normalized spacial score (nSPS) is 14.9. The molecule has 2 atom stereocenters. The monoisotopic (exact) mass is 398 g/mol. The summed E-state index contributed by atoms with van der Waals surface area (Å²) in [6.07, 6.45) is 0.928. The molecule has 2 unspecified atom stereocenters. The Morgan fingerprint density at radius 2 is 1.12 bits per heavy atom. The lowest BCUT2D eigenvalue weighted by Gasteiger charge is -2.08. The summed E-state index contributed by atoms with van der Waals surface area (Å²) in [6.45, 7) is 3.36. The molecular formula is C18H24O6P2. The van der Waals surface area contributed by atoms with Crippen molar-refractivity contribution in [1.29, 1.82) is 0 Å². The molecule has 0 N–H and O–H groups in total. The molecule has 142 valence electrons. The van der Waals surface area contributed by atoms with Crippen LogP contribution in [0.1, 0.15) is 24.0 Å². The Labute approximate surface area is 155 Å². The van der Waals surface area contributed by atoms with Gasteiger partial charge in [-0.15, -0.1) is 0 Å². The molecule has 0 saturated heterocycles. The summed E-state index contributed by atoms with van der Waals surface area (Å²) in [5.41, 5.74) is 1.72. The molecule has 1 aromatic carbocycles. The van der Waals surface area contributed by atoms with Gasteiger partial charge in [0.05, 0.1) is 13.2 Å². The van der Waals surface area contributed by atoms with Gasteiger partial charge in [-0.25, -0.2) is 0 Å². The average molecular weight is 398 g/mol. The number of hydrogen-bond donors (Lipinski definition) is 0. The predicted molar refractivity (Wildman–Crippen MR) is 102 cm³/mol. The van der Waals surface area contributed by atoms with Crippen LogP contribution in [0.5, 0.6) is 0 Å². The van der Waals surface area contributed by atoms with Gasteiger partial charge in [-0.05, 0) is 24.3 Å². The molecule has 1 rings (SSSR count). The molecule has 1 aromatic rings. The minimum atomic E-state index is -2.93. The van der Waals surface area contributed by atoms with Gasteiger partial charge in [0, 0.05) is 51.5 Å². The summed E-state index contributed by atoms with van der Waals surface area (Å²) in [6, 6.07) is 7.50. The van der Waals surface area contributed by atoms with Crippen LogP contribution in [0.4, 0.5) is 0 Å². The maximum atomic E-state index is 11.5. The highest BCUT2D eigenvalue weighted by atomic mass is 31.2. The third-order valence-corrected chi connectivity index (χ3v) is 5.75. The van der Waals surface area contributed by atoms with Crippen molar-refractivity contribution in [2.45, 2.75) is 12.8 Å². The first kappa shape index (κ1) is 22.7. The molecule has 0 radical (unpaired) electrons. The van der Waals surface area contributed by atoms with Crippen molar-refractivity contribution in [3.63, 3.8) is 0 Å². The largest absolute Gasteiger partial charge is 0.327 e. The summed E-state index contributed by atoms with van der Waals surface area (Å²) < 4.78 is 42.7. The summed E-state index contributed by atoms with van der Waals surface area (Å²) in [5, 5.41) is 0.